The maximum Gasteiger partial charge on any atom is 0.212 e. The zero-order chi connectivity index (χ0) is 16.9. The van der Waals surface area contributed by atoms with E-state index in [2.05, 4.69) is 30.9 Å². The molecule has 4 heteroatoms. The van der Waals surface area contributed by atoms with Crippen LogP contribution in [0.4, 0.5) is 5.69 Å². The van der Waals surface area contributed by atoms with Gasteiger partial charge in [0.15, 0.2) is 0 Å². The Morgan fingerprint density at radius 2 is 1.92 bits per heavy atom. The van der Waals surface area contributed by atoms with Gasteiger partial charge < -0.3 is 19.8 Å². The Morgan fingerprint density at radius 1 is 1.12 bits per heavy atom. The summed E-state index contributed by atoms with van der Waals surface area (Å²) in [4.78, 5) is 2.13. The van der Waals surface area contributed by atoms with Crippen LogP contribution in [0.15, 0.2) is 48.5 Å². The van der Waals surface area contributed by atoms with Gasteiger partial charge in [0.05, 0.1) is 12.0 Å². The SMILES string of the molecule is CC1(C)c2ccccc2N(CCO)C12C=Cc1cc(O)ccc1O2. The van der Waals surface area contributed by atoms with Crippen LogP contribution in [-0.4, -0.2) is 29.1 Å². The van der Waals surface area contributed by atoms with Crippen molar-refractivity contribution >= 4 is 11.8 Å². The molecule has 0 saturated carbocycles. The van der Waals surface area contributed by atoms with Crippen molar-refractivity contribution in [3.63, 3.8) is 0 Å². The van der Waals surface area contributed by atoms with Crippen LogP contribution in [0.5, 0.6) is 11.5 Å². The number of aromatic hydroxyl groups is 1. The fraction of sp³-hybridized carbons (Fsp3) is 0.300. The number of aliphatic hydroxyl groups is 1. The molecule has 2 N–H and O–H groups in total. The monoisotopic (exact) mass is 323 g/mol. The van der Waals surface area contributed by atoms with Crippen molar-refractivity contribution in [2.45, 2.75) is 25.0 Å². The lowest BCUT2D eigenvalue weighted by Gasteiger charge is -2.47. The van der Waals surface area contributed by atoms with Gasteiger partial charge in [-0.1, -0.05) is 18.2 Å². The van der Waals surface area contributed by atoms with E-state index in [1.807, 2.05) is 24.3 Å². The molecule has 24 heavy (non-hydrogen) atoms. The normalized spacial score (nSPS) is 23.0. The standard InChI is InChI=1S/C20H21NO3/c1-19(2)16-5-3-4-6-17(16)21(11-12-22)20(19)10-9-14-13-15(23)7-8-18(14)24-20/h3-10,13,22-23H,11-12H2,1-2H3. The van der Waals surface area contributed by atoms with E-state index in [-0.39, 0.29) is 17.8 Å². The summed E-state index contributed by atoms with van der Waals surface area (Å²) in [6.45, 7) is 4.86. The van der Waals surface area contributed by atoms with E-state index in [9.17, 15) is 10.2 Å². The summed E-state index contributed by atoms with van der Waals surface area (Å²) in [6, 6.07) is 13.4. The minimum atomic E-state index is -0.705. The molecule has 2 aliphatic rings. The molecule has 2 aromatic rings. The average molecular weight is 323 g/mol. The van der Waals surface area contributed by atoms with Crippen molar-refractivity contribution in [1.82, 2.24) is 0 Å². The highest BCUT2D eigenvalue weighted by Crippen LogP contribution is 2.54. The van der Waals surface area contributed by atoms with Crippen molar-refractivity contribution in [2.24, 2.45) is 0 Å². The van der Waals surface area contributed by atoms with E-state index in [1.165, 1.54) is 5.56 Å². The second kappa shape index (κ2) is 5.02. The summed E-state index contributed by atoms with van der Waals surface area (Å²) in [6.07, 6.45) is 4.04. The van der Waals surface area contributed by atoms with Gasteiger partial charge in [-0.15, -0.1) is 0 Å². The van der Waals surface area contributed by atoms with Gasteiger partial charge in [0.25, 0.3) is 0 Å². The summed E-state index contributed by atoms with van der Waals surface area (Å²) in [5, 5.41) is 19.3. The minimum Gasteiger partial charge on any atom is -0.508 e. The van der Waals surface area contributed by atoms with Crippen molar-refractivity contribution in [3.8, 4) is 11.5 Å². The van der Waals surface area contributed by atoms with Crippen LogP contribution in [0.2, 0.25) is 0 Å². The van der Waals surface area contributed by atoms with E-state index in [0.717, 1.165) is 17.0 Å². The molecule has 0 aromatic heterocycles. The van der Waals surface area contributed by atoms with Crippen LogP contribution in [0.25, 0.3) is 6.08 Å². The first kappa shape index (κ1) is 15.1. The predicted octanol–water partition coefficient (Wildman–Crippen LogP) is 3.28. The quantitative estimate of drug-likeness (QED) is 0.890. The molecule has 2 aliphatic heterocycles. The Kier molecular flexibility index (Phi) is 3.15. The zero-order valence-electron chi connectivity index (χ0n) is 13.9. The molecule has 0 saturated heterocycles. The molecule has 4 nitrogen and oxygen atoms in total. The third kappa shape index (κ3) is 1.83. The van der Waals surface area contributed by atoms with E-state index < -0.39 is 5.72 Å². The predicted molar refractivity (Wildman–Crippen MR) is 94.4 cm³/mol. The van der Waals surface area contributed by atoms with Crippen molar-refractivity contribution in [1.29, 1.82) is 0 Å². The molecule has 0 bridgehead atoms. The number of anilines is 1. The number of hydrogen-bond donors (Lipinski definition) is 2. The van der Waals surface area contributed by atoms with Crippen LogP contribution in [0.1, 0.15) is 25.0 Å². The lowest BCUT2D eigenvalue weighted by molar-refractivity contribution is 0.0504. The molecule has 0 amide bonds. The van der Waals surface area contributed by atoms with Gasteiger partial charge >= 0.3 is 0 Å². The van der Waals surface area contributed by atoms with Crippen molar-refractivity contribution in [3.05, 3.63) is 59.7 Å². The van der Waals surface area contributed by atoms with E-state index in [1.54, 1.807) is 18.2 Å². The number of hydrogen-bond acceptors (Lipinski definition) is 4. The van der Waals surface area contributed by atoms with Gasteiger partial charge in [-0.05, 0) is 55.8 Å². The molecule has 0 aliphatic carbocycles. The maximum absolute atomic E-state index is 9.69. The smallest absolute Gasteiger partial charge is 0.212 e. The fourth-order valence-corrected chi connectivity index (χ4v) is 3.98. The molecule has 2 aromatic carbocycles. The van der Waals surface area contributed by atoms with Crippen LogP contribution in [-0.2, 0) is 5.41 Å². The first-order valence-electron chi connectivity index (χ1n) is 8.19. The number of nitrogens with zero attached hydrogens (tertiary/aromatic N) is 1. The summed E-state index contributed by atoms with van der Waals surface area (Å²) in [5.41, 5.74) is 2.14. The molecular weight excluding hydrogens is 302 g/mol. The fourth-order valence-electron chi connectivity index (χ4n) is 3.98. The van der Waals surface area contributed by atoms with E-state index >= 15 is 0 Å². The molecule has 1 spiro atoms. The topological polar surface area (TPSA) is 52.9 Å². The summed E-state index contributed by atoms with van der Waals surface area (Å²) in [5.74, 6) is 0.957. The molecule has 1 atom stereocenters. The minimum absolute atomic E-state index is 0.0474. The largest absolute Gasteiger partial charge is 0.508 e. The van der Waals surface area contributed by atoms with Crippen LogP contribution < -0.4 is 9.64 Å². The van der Waals surface area contributed by atoms with Gasteiger partial charge in [-0.25, -0.2) is 0 Å². The number of ether oxygens (including phenoxy) is 1. The van der Waals surface area contributed by atoms with E-state index in [4.69, 9.17) is 4.74 Å². The van der Waals surface area contributed by atoms with Crippen molar-refractivity contribution < 1.29 is 14.9 Å². The number of para-hydroxylation sites is 1. The lowest BCUT2D eigenvalue weighted by Crippen LogP contribution is -2.60. The highest BCUT2D eigenvalue weighted by atomic mass is 16.5. The van der Waals surface area contributed by atoms with Gasteiger partial charge in [0.2, 0.25) is 5.72 Å². The molecule has 2 heterocycles. The second-order valence-corrected chi connectivity index (χ2v) is 6.87. The van der Waals surface area contributed by atoms with Gasteiger partial charge in [0, 0.05) is 17.8 Å². The van der Waals surface area contributed by atoms with Gasteiger partial charge in [0.1, 0.15) is 11.5 Å². The third-order valence-corrected chi connectivity index (χ3v) is 5.24. The Morgan fingerprint density at radius 3 is 2.71 bits per heavy atom. The van der Waals surface area contributed by atoms with Gasteiger partial charge in [-0.2, -0.15) is 0 Å². The summed E-state index contributed by atoms with van der Waals surface area (Å²) >= 11 is 0. The number of aliphatic hydroxyl groups excluding tert-OH is 1. The first-order chi connectivity index (χ1) is 11.5. The number of phenolic OH excluding ortho intramolecular Hbond substituents is 1. The van der Waals surface area contributed by atoms with Crippen LogP contribution >= 0.6 is 0 Å². The highest BCUT2D eigenvalue weighted by Gasteiger charge is 2.58. The molecule has 4 rings (SSSR count). The lowest BCUT2D eigenvalue weighted by atomic mass is 9.76. The molecule has 0 radical (unpaired) electrons. The molecule has 0 fully saturated rings. The second-order valence-electron chi connectivity index (χ2n) is 6.87. The van der Waals surface area contributed by atoms with Crippen molar-refractivity contribution in [2.75, 3.05) is 18.1 Å². The number of fused-ring (bicyclic) bond motifs is 2. The number of benzene rings is 2. The highest BCUT2D eigenvalue weighted by molar-refractivity contribution is 5.72. The Hall–Kier alpha value is -2.46. The van der Waals surface area contributed by atoms with Crippen LogP contribution in [0, 0.1) is 0 Å². The van der Waals surface area contributed by atoms with Gasteiger partial charge in [-0.3, -0.25) is 0 Å². The average Bonchev–Trinajstić information content (AvgIpc) is 2.75. The maximum atomic E-state index is 9.69. The van der Waals surface area contributed by atoms with E-state index in [0.29, 0.717) is 6.54 Å². The Labute approximate surface area is 141 Å². The molecule has 1 unspecified atom stereocenters. The summed E-state index contributed by atoms with van der Waals surface area (Å²) < 4.78 is 6.52. The molecule has 124 valence electrons. The van der Waals surface area contributed by atoms with Crippen LogP contribution in [0.3, 0.4) is 0 Å². The summed E-state index contributed by atoms with van der Waals surface area (Å²) in [7, 11) is 0. The third-order valence-electron chi connectivity index (χ3n) is 5.24. The molecular formula is C20H21NO3. The number of β-amino-alcohol motifs (C(OH)–C–C–N with tert-alkyl or cyclic N) is 1. The number of phenols is 1. The zero-order valence-corrected chi connectivity index (χ0v) is 13.9. The Bertz CT molecular complexity index is 827. The first-order valence-corrected chi connectivity index (χ1v) is 8.19. The number of rotatable bonds is 2. The Balaban J connectivity index is 1.90.